The lowest BCUT2D eigenvalue weighted by Crippen LogP contribution is -2.36. The molecule has 0 saturated carbocycles. The Bertz CT molecular complexity index is 272. The smallest absolute Gasteiger partial charge is 0.211 e. The first-order valence-electron chi connectivity index (χ1n) is 4.73. The van der Waals surface area contributed by atoms with Crippen LogP contribution in [0.5, 0.6) is 0 Å². The zero-order valence-corrected chi connectivity index (χ0v) is 8.87. The highest BCUT2D eigenvalue weighted by atomic mass is 16.7. The van der Waals surface area contributed by atoms with Crippen molar-refractivity contribution in [2.45, 2.75) is 25.6 Å². The summed E-state index contributed by atoms with van der Waals surface area (Å²) in [6.45, 7) is 2.06. The summed E-state index contributed by atoms with van der Waals surface area (Å²) in [7, 11) is 3.15. The van der Waals surface area contributed by atoms with Gasteiger partial charge in [0, 0.05) is 14.2 Å². The van der Waals surface area contributed by atoms with Crippen molar-refractivity contribution in [2.75, 3.05) is 14.2 Å². The van der Waals surface area contributed by atoms with E-state index in [9.17, 15) is 4.79 Å². The van der Waals surface area contributed by atoms with Crippen molar-refractivity contribution >= 4 is 5.78 Å². The van der Waals surface area contributed by atoms with Crippen LogP contribution in [0.1, 0.15) is 19.8 Å². The van der Waals surface area contributed by atoms with Crippen LogP contribution in [0, 0.1) is 0 Å². The topological polar surface area (TPSA) is 35.5 Å². The minimum Gasteiger partial charge on any atom is -0.346 e. The molecule has 0 aromatic carbocycles. The van der Waals surface area contributed by atoms with Crippen LogP contribution < -0.4 is 0 Å². The van der Waals surface area contributed by atoms with Crippen molar-refractivity contribution in [3.63, 3.8) is 0 Å². The average molecular weight is 196 g/mol. The second-order valence-corrected chi connectivity index (χ2v) is 3.23. The van der Waals surface area contributed by atoms with Crippen LogP contribution in [0.4, 0.5) is 0 Å². The van der Waals surface area contributed by atoms with Crippen LogP contribution >= 0.6 is 0 Å². The van der Waals surface area contributed by atoms with Gasteiger partial charge in [0.2, 0.25) is 5.79 Å². The maximum atomic E-state index is 11.2. The fourth-order valence-corrected chi connectivity index (χ4v) is 1.62. The lowest BCUT2D eigenvalue weighted by Gasteiger charge is -2.31. The van der Waals surface area contributed by atoms with E-state index >= 15 is 0 Å². The molecule has 3 nitrogen and oxygen atoms in total. The quantitative estimate of drug-likeness (QED) is 0.643. The van der Waals surface area contributed by atoms with Gasteiger partial charge >= 0.3 is 0 Å². The number of ether oxygens (including phenoxy) is 2. The van der Waals surface area contributed by atoms with Crippen molar-refractivity contribution in [2.24, 2.45) is 0 Å². The summed E-state index contributed by atoms with van der Waals surface area (Å²) < 4.78 is 10.6. The van der Waals surface area contributed by atoms with Crippen LogP contribution in [-0.4, -0.2) is 25.8 Å². The molecule has 0 radical (unpaired) electrons. The maximum absolute atomic E-state index is 11.2. The fraction of sp³-hybridized carbons (Fsp3) is 0.545. The number of carbonyl (C=O) groups excluding carboxylic acids is 1. The van der Waals surface area contributed by atoms with Crippen LogP contribution in [0.3, 0.4) is 0 Å². The summed E-state index contributed by atoms with van der Waals surface area (Å²) in [6.07, 6.45) is 6.50. The molecule has 1 aliphatic carbocycles. The van der Waals surface area contributed by atoms with E-state index in [1.165, 1.54) is 6.08 Å². The third-order valence-corrected chi connectivity index (χ3v) is 2.36. The minimum absolute atomic E-state index is 0.00169. The molecule has 0 amide bonds. The largest absolute Gasteiger partial charge is 0.346 e. The summed E-state index contributed by atoms with van der Waals surface area (Å²) >= 11 is 0. The number of rotatable bonds is 4. The third kappa shape index (κ3) is 1.94. The van der Waals surface area contributed by atoms with Crippen LogP contribution in [0.15, 0.2) is 23.8 Å². The van der Waals surface area contributed by atoms with E-state index in [1.807, 2.05) is 0 Å². The summed E-state index contributed by atoms with van der Waals surface area (Å²) in [6, 6.07) is 0. The highest BCUT2D eigenvalue weighted by molar-refractivity contribution is 6.01. The third-order valence-electron chi connectivity index (χ3n) is 2.36. The molecule has 0 bridgehead atoms. The Labute approximate surface area is 84.4 Å². The molecule has 1 aliphatic rings. The van der Waals surface area contributed by atoms with E-state index < -0.39 is 5.79 Å². The minimum atomic E-state index is -0.829. The van der Waals surface area contributed by atoms with Crippen LogP contribution in [0.2, 0.25) is 0 Å². The summed E-state index contributed by atoms with van der Waals surface area (Å²) in [5, 5.41) is 0. The molecule has 3 heteroatoms. The van der Waals surface area contributed by atoms with Gasteiger partial charge in [-0.15, -0.1) is 0 Å². The first-order valence-corrected chi connectivity index (χ1v) is 4.73. The molecule has 0 atom stereocenters. The van der Waals surface area contributed by atoms with Gasteiger partial charge in [-0.05, 0) is 30.2 Å². The normalized spacial score (nSPS) is 19.6. The first-order chi connectivity index (χ1) is 6.68. The standard InChI is InChI=1S/C11H16O3/c1-4-5-9-8-10(12)6-7-11(9,13-2)14-3/h6-8H,4-5H2,1-3H3. The van der Waals surface area contributed by atoms with E-state index in [0.717, 1.165) is 18.4 Å². The molecular formula is C11H16O3. The Balaban J connectivity index is 2.98. The monoisotopic (exact) mass is 196 g/mol. The molecule has 0 N–H and O–H groups in total. The highest BCUT2D eigenvalue weighted by Gasteiger charge is 2.33. The molecule has 0 heterocycles. The Kier molecular flexibility index (Phi) is 3.61. The van der Waals surface area contributed by atoms with Crippen molar-refractivity contribution in [1.82, 2.24) is 0 Å². The second kappa shape index (κ2) is 4.53. The van der Waals surface area contributed by atoms with E-state index in [-0.39, 0.29) is 5.78 Å². The molecule has 78 valence electrons. The number of methoxy groups -OCH3 is 2. The zero-order valence-electron chi connectivity index (χ0n) is 8.87. The Morgan fingerprint density at radius 2 is 2.00 bits per heavy atom. The van der Waals surface area contributed by atoms with Crippen LogP contribution in [-0.2, 0) is 14.3 Å². The first kappa shape index (κ1) is 11.1. The van der Waals surface area contributed by atoms with Crippen molar-refractivity contribution in [3.05, 3.63) is 23.8 Å². The molecule has 14 heavy (non-hydrogen) atoms. The molecule has 0 aliphatic heterocycles. The van der Waals surface area contributed by atoms with Gasteiger partial charge in [0.1, 0.15) is 0 Å². The van der Waals surface area contributed by atoms with Gasteiger partial charge in [0.05, 0.1) is 0 Å². The maximum Gasteiger partial charge on any atom is 0.211 e. The fourth-order valence-electron chi connectivity index (χ4n) is 1.62. The van der Waals surface area contributed by atoms with E-state index in [1.54, 1.807) is 26.4 Å². The van der Waals surface area contributed by atoms with Gasteiger partial charge in [-0.1, -0.05) is 13.3 Å². The summed E-state index contributed by atoms with van der Waals surface area (Å²) in [5.41, 5.74) is 0.887. The molecule has 0 unspecified atom stereocenters. The number of ketones is 1. The Hall–Kier alpha value is -0.930. The second-order valence-electron chi connectivity index (χ2n) is 3.23. The molecule has 0 spiro atoms. The molecule has 0 fully saturated rings. The predicted molar refractivity (Wildman–Crippen MR) is 53.9 cm³/mol. The molecule has 0 aromatic heterocycles. The Morgan fingerprint density at radius 3 is 2.50 bits per heavy atom. The number of allylic oxidation sites excluding steroid dienone is 2. The number of hydrogen-bond donors (Lipinski definition) is 0. The average Bonchev–Trinajstić information content (AvgIpc) is 2.20. The lowest BCUT2D eigenvalue weighted by molar-refractivity contribution is -0.146. The predicted octanol–water partition coefficient (Wildman–Crippen LogP) is 1.84. The zero-order chi connectivity index (χ0) is 10.6. The van der Waals surface area contributed by atoms with Gasteiger partial charge in [-0.25, -0.2) is 0 Å². The van der Waals surface area contributed by atoms with Gasteiger partial charge in [-0.2, -0.15) is 0 Å². The number of hydrogen-bond acceptors (Lipinski definition) is 3. The lowest BCUT2D eigenvalue weighted by atomic mass is 9.94. The molecule has 1 rings (SSSR count). The van der Waals surface area contributed by atoms with Gasteiger partial charge in [0.25, 0.3) is 0 Å². The van der Waals surface area contributed by atoms with E-state index in [4.69, 9.17) is 9.47 Å². The highest BCUT2D eigenvalue weighted by Crippen LogP contribution is 2.30. The van der Waals surface area contributed by atoms with Crippen molar-refractivity contribution in [1.29, 1.82) is 0 Å². The molecule has 0 saturated heterocycles. The summed E-state index contributed by atoms with van der Waals surface area (Å²) in [4.78, 5) is 11.2. The molecular weight excluding hydrogens is 180 g/mol. The van der Waals surface area contributed by atoms with E-state index in [2.05, 4.69) is 6.92 Å². The SMILES string of the molecule is CCCC1=CC(=O)C=CC1(OC)OC. The number of carbonyl (C=O) groups is 1. The van der Waals surface area contributed by atoms with Gasteiger partial charge in [0.15, 0.2) is 5.78 Å². The van der Waals surface area contributed by atoms with Gasteiger partial charge in [-0.3, -0.25) is 4.79 Å². The Morgan fingerprint density at radius 1 is 1.36 bits per heavy atom. The van der Waals surface area contributed by atoms with Gasteiger partial charge < -0.3 is 9.47 Å². The van der Waals surface area contributed by atoms with E-state index in [0.29, 0.717) is 0 Å². The van der Waals surface area contributed by atoms with Crippen LogP contribution in [0.25, 0.3) is 0 Å². The van der Waals surface area contributed by atoms with Crippen molar-refractivity contribution < 1.29 is 14.3 Å². The molecule has 0 aromatic rings. The summed E-state index contributed by atoms with van der Waals surface area (Å²) in [5.74, 6) is -0.831. The van der Waals surface area contributed by atoms with Crippen molar-refractivity contribution in [3.8, 4) is 0 Å².